The molecule has 4 rings (SSSR count). The van der Waals surface area contributed by atoms with Crippen molar-refractivity contribution in [2.75, 3.05) is 13.3 Å². The van der Waals surface area contributed by atoms with E-state index in [2.05, 4.69) is 0 Å². The van der Waals surface area contributed by atoms with Gasteiger partial charge in [0.05, 0.1) is 6.04 Å². The Morgan fingerprint density at radius 3 is 2.58 bits per heavy atom. The molecule has 0 aliphatic carbocycles. The molecule has 2 aromatic carbocycles. The summed E-state index contributed by atoms with van der Waals surface area (Å²) in [6.45, 7) is 0.766. The van der Waals surface area contributed by atoms with Crippen molar-refractivity contribution in [3.63, 3.8) is 0 Å². The fourth-order valence-electron chi connectivity index (χ4n) is 3.27. The minimum Gasteiger partial charge on any atom is -0.454 e. The van der Waals surface area contributed by atoms with Crippen LogP contribution in [0.1, 0.15) is 33.6 Å². The number of fused-ring (bicyclic) bond motifs is 1. The van der Waals surface area contributed by atoms with Crippen molar-refractivity contribution in [3.05, 3.63) is 59.7 Å². The van der Waals surface area contributed by atoms with E-state index in [1.807, 2.05) is 18.2 Å². The van der Waals surface area contributed by atoms with Crippen LogP contribution in [0.15, 0.2) is 48.5 Å². The fourth-order valence-corrected chi connectivity index (χ4v) is 3.27. The van der Waals surface area contributed by atoms with Crippen LogP contribution in [0.25, 0.3) is 0 Å². The second-order valence-electron chi connectivity index (χ2n) is 5.95. The van der Waals surface area contributed by atoms with E-state index in [1.165, 1.54) is 0 Å². The van der Waals surface area contributed by atoms with Crippen LogP contribution < -0.4 is 9.47 Å². The summed E-state index contributed by atoms with van der Waals surface area (Å²) >= 11 is 0. The summed E-state index contributed by atoms with van der Waals surface area (Å²) in [5, 5.41) is 0. The summed E-state index contributed by atoms with van der Waals surface area (Å²) < 4.78 is 10.6. The number of hydrogen-bond acceptors (Lipinski definition) is 4. The zero-order chi connectivity index (χ0) is 16.5. The molecule has 1 amide bonds. The minimum atomic E-state index is -0.398. The number of carbonyl (C=O) groups is 2. The van der Waals surface area contributed by atoms with E-state index in [0.717, 1.165) is 6.42 Å². The van der Waals surface area contributed by atoms with Crippen LogP contribution >= 0.6 is 0 Å². The Labute approximate surface area is 139 Å². The van der Waals surface area contributed by atoms with Crippen molar-refractivity contribution in [2.45, 2.75) is 18.9 Å². The summed E-state index contributed by atoms with van der Waals surface area (Å²) in [4.78, 5) is 27.3. The highest BCUT2D eigenvalue weighted by atomic mass is 16.7. The molecule has 0 spiro atoms. The quantitative estimate of drug-likeness (QED) is 0.815. The van der Waals surface area contributed by atoms with Gasteiger partial charge in [0, 0.05) is 17.7 Å². The predicted octanol–water partition coefficient (Wildman–Crippen LogP) is 2.90. The number of rotatable bonds is 3. The highest BCUT2D eigenvalue weighted by molar-refractivity contribution is 6.04. The van der Waals surface area contributed by atoms with E-state index >= 15 is 0 Å². The highest BCUT2D eigenvalue weighted by Crippen LogP contribution is 2.33. The maximum atomic E-state index is 12.9. The molecule has 1 atom stereocenters. The van der Waals surface area contributed by atoms with Gasteiger partial charge in [-0.25, -0.2) is 0 Å². The molecule has 2 aliphatic heterocycles. The number of Topliss-reactive ketones (excluding diaryl/α,β-unsaturated/α-hetero) is 1. The number of likely N-dealkylation sites (tertiary alicyclic amines) is 1. The molecule has 2 aliphatic rings. The van der Waals surface area contributed by atoms with E-state index in [-0.39, 0.29) is 18.5 Å². The lowest BCUT2D eigenvalue weighted by Crippen LogP contribution is -2.40. The zero-order valence-corrected chi connectivity index (χ0v) is 13.1. The molecular weight excluding hydrogens is 306 g/mol. The van der Waals surface area contributed by atoms with Gasteiger partial charge in [-0.3, -0.25) is 9.59 Å². The topological polar surface area (TPSA) is 55.8 Å². The summed E-state index contributed by atoms with van der Waals surface area (Å²) in [7, 11) is 0. The molecule has 0 bridgehead atoms. The maximum absolute atomic E-state index is 12.9. The van der Waals surface area contributed by atoms with Gasteiger partial charge in [0.1, 0.15) is 0 Å². The van der Waals surface area contributed by atoms with E-state index in [9.17, 15) is 9.59 Å². The van der Waals surface area contributed by atoms with E-state index in [1.54, 1.807) is 35.2 Å². The summed E-state index contributed by atoms with van der Waals surface area (Å²) in [6, 6.07) is 13.9. The second-order valence-corrected chi connectivity index (χ2v) is 5.95. The highest BCUT2D eigenvalue weighted by Gasteiger charge is 2.35. The monoisotopic (exact) mass is 323 g/mol. The second kappa shape index (κ2) is 6.00. The summed E-state index contributed by atoms with van der Waals surface area (Å²) in [5.41, 5.74) is 1.17. The molecule has 5 nitrogen and oxygen atoms in total. The Kier molecular flexibility index (Phi) is 3.69. The van der Waals surface area contributed by atoms with Crippen LogP contribution in [0.2, 0.25) is 0 Å². The molecule has 1 saturated heterocycles. The first-order valence-electron chi connectivity index (χ1n) is 8.04. The lowest BCUT2D eigenvalue weighted by molar-refractivity contribution is 0.0671. The van der Waals surface area contributed by atoms with Gasteiger partial charge >= 0.3 is 0 Å². The Morgan fingerprint density at radius 2 is 1.75 bits per heavy atom. The van der Waals surface area contributed by atoms with Crippen molar-refractivity contribution in [2.24, 2.45) is 0 Å². The van der Waals surface area contributed by atoms with Crippen molar-refractivity contribution < 1.29 is 19.1 Å². The normalized spacial score (nSPS) is 18.7. The third-order valence-electron chi connectivity index (χ3n) is 4.49. The van der Waals surface area contributed by atoms with Crippen LogP contribution in [-0.4, -0.2) is 36.0 Å². The molecule has 0 saturated carbocycles. The largest absolute Gasteiger partial charge is 0.454 e. The van der Waals surface area contributed by atoms with Crippen molar-refractivity contribution in [1.82, 2.24) is 4.90 Å². The zero-order valence-electron chi connectivity index (χ0n) is 13.1. The smallest absolute Gasteiger partial charge is 0.254 e. The van der Waals surface area contributed by atoms with Crippen LogP contribution in [0, 0.1) is 0 Å². The Morgan fingerprint density at radius 1 is 0.958 bits per heavy atom. The SMILES string of the molecule is O=C(c1ccccc1)C1CCCN1C(=O)c1ccc2c(c1)OCO2. The summed E-state index contributed by atoms with van der Waals surface area (Å²) in [5.74, 6) is 1.08. The number of nitrogens with zero attached hydrogens (tertiary/aromatic N) is 1. The lowest BCUT2D eigenvalue weighted by Gasteiger charge is -2.24. The number of benzene rings is 2. The number of carbonyl (C=O) groups excluding carboxylic acids is 2. The summed E-state index contributed by atoms with van der Waals surface area (Å²) in [6.07, 6.45) is 1.53. The molecule has 0 radical (unpaired) electrons. The average Bonchev–Trinajstić information content (AvgIpc) is 3.29. The molecule has 5 heteroatoms. The molecule has 2 heterocycles. The first kappa shape index (κ1) is 14.8. The van der Waals surface area contributed by atoms with Crippen LogP contribution in [0.4, 0.5) is 0 Å². The molecule has 1 unspecified atom stereocenters. The standard InChI is InChI=1S/C19H17NO4/c21-18(13-5-2-1-3-6-13)15-7-4-10-20(15)19(22)14-8-9-16-17(11-14)24-12-23-16/h1-3,5-6,8-9,11,15H,4,7,10,12H2. The Bertz CT molecular complexity index is 787. The molecule has 0 N–H and O–H groups in total. The third-order valence-corrected chi connectivity index (χ3v) is 4.49. The van der Waals surface area contributed by atoms with E-state index in [0.29, 0.717) is 35.6 Å². The first-order chi connectivity index (χ1) is 11.7. The van der Waals surface area contributed by atoms with Crippen LogP contribution in [0.5, 0.6) is 11.5 Å². The van der Waals surface area contributed by atoms with Crippen molar-refractivity contribution in [1.29, 1.82) is 0 Å². The van der Waals surface area contributed by atoms with Gasteiger partial charge in [0.15, 0.2) is 17.3 Å². The number of hydrogen-bond donors (Lipinski definition) is 0. The predicted molar refractivity (Wildman–Crippen MR) is 87.4 cm³/mol. The maximum Gasteiger partial charge on any atom is 0.254 e. The number of ketones is 1. The molecule has 1 fully saturated rings. The minimum absolute atomic E-state index is 0.00203. The first-order valence-corrected chi connectivity index (χ1v) is 8.04. The average molecular weight is 323 g/mol. The number of ether oxygens (including phenoxy) is 2. The Balaban J connectivity index is 1.58. The van der Waals surface area contributed by atoms with Crippen LogP contribution in [-0.2, 0) is 0 Å². The van der Waals surface area contributed by atoms with Crippen molar-refractivity contribution in [3.8, 4) is 11.5 Å². The van der Waals surface area contributed by atoms with Gasteiger partial charge in [-0.15, -0.1) is 0 Å². The van der Waals surface area contributed by atoms with Gasteiger partial charge in [0.2, 0.25) is 6.79 Å². The lowest BCUT2D eigenvalue weighted by atomic mass is 10.0. The van der Waals surface area contributed by atoms with E-state index < -0.39 is 6.04 Å². The van der Waals surface area contributed by atoms with Gasteiger partial charge in [0.25, 0.3) is 5.91 Å². The Hall–Kier alpha value is -2.82. The van der Waals surface area contributed by atoms with Crippen LogP contribution in [0.3, 0.4) is 0 Å². The third kappa shape index (κ3) is 2.52. The van der Waals surface area contributed by atoms with Gasteiger partial charge in [-0.1, -0.05) is 30.3 Å². The fraction of sp³-hybridized carbons (Fsp3) is 0.263. The van der Waals surface area contributed by atoms with Gasteiger partial charge in [-0.05, 0) is 31.0 Å². The molecule has 2 aromatic rings. The molecule has 0 aromatic heterocycles. The van der Waals surface area contributed by atoms with Gasteiger partial charge in [-0.2, -0.15) is 0 Å². The van der Waals surface area contributed by atoms with Gasteiger partial charge < -0.3 is 14.4 Å². The van der Waals surface area contributed by atoms with E-state index in [4.69, 9.17) is 9.47 Å². The van der Waals surface area contributed by atoms with Crippen molar-refractivity contribution >= 4 is 11.7 Å². The number of amides is 1. The molecule has 24 heavy (non-hydrogen) atoms. The molecule has 122 valence electrons. The molecular formula is C19H17NO4.